The van der Waals surface area contributed by atoms with E-state index < -0.39 is 0 Å². The molecular weight excluding hydrogens is 372 g/mol. The summed E-state index contributed by atoms with van der Waals surface area (Å²) < 4.78 is 0. The number of hydrogen-bond donors (Lipinski definition) is 5. The van der Waals surface area contributed by atoms with Crippen LogP contribution in [0.5, 0.6) is 0 Å². The summed E-state index contributed by atoms with van der Waals surface area (Å²) >= 11 is 1.56. The maximum atomic E-state index is 12.0. The van der Waals surface area contributed by atoms with E-state index in [4.69, 9.17) is 0 Å². The smallest absolute Gasteiger partial charge is 0.319 e. The molecule has 1 aliphatic heterocycles. The Bertz CT molecular complexity index is 906. The van der Waals surface area contributed by atoms with Crippen molar-refractivity contribution in [2.24, 2.45) is 5.92 Å². The number of nitrogens with zero attached hydrogens (tertiary/aromatic N) is 1. The Morgan fingerprint density at radius 2 is 1.75 bits per heavy atom. The standard InChI is InChI=1S/C20H22N6OS/c27-19(21-10-14-11-22-23-12-14)24-16-6-8-17(9-7-16)25-20-26-18(13-28-20)15-4-2-1-3-5-15/h1-9,13-14,22-23H,10-12H2,(H,25,26)(H2,21,24,27). The quantitative estimate of drug-likeness (QED) is 0.442. The molecule has 0 spiro atoms. The molecule has 1 saturated heterocycles. The summed E-state index contributed by atoms with van der Waals surface area (Å²) in [6.07, 6.45) is 0. The number of rotatable bonds is 6. The Hall–Kier alpha value is -2.94. The Balaban J connectivity index is 1.29. The van der Waals surface area contributed by atoms with Gasteiger partial charge in [-0.15, -0.1) is 11.3 Å². The van der Waals surface area contributed by atoms with E-state index in [1.165, 1.54) is 0 Å². The Kier molecular flexibility index (Phi) is 5.81. The second-order valence-corrected chi connectivity index (χ2v) is 7.43. The Labute approximate surface area is 167 Å². The molecule has 0 aliphatic carbocycles. The lowest BCUT2D eigenvalue weighted by Crippen LogP contribution is -2.34. The molecule has 2 amide bonds. The van der Waals surface area contributed by atoms with Gasteiger partial charge in [-0.05, 0) is 24.3 Å². The number of hydrazine groups is 1. The fraction of sp³-hybridized carbons (Fsp3) is 0.200. The van der Waals surface area contributed by atoms with Crippen LogP contribution in [0.3, 0.4) is 0 Å². The summed E-state index contributed by atoms with van der Waals surface area (Å²) in [5.74, 6) is 0.413. The van der Waals surface area contributed by atoms with E-state index in [2.05, 4.69) is 31.8 Å². The van der Waals surface area contributed by atoms with Crippen molar-refractivity contribution in [3.05, 3.63) is 60.0 Å². The van der Waals surface area contributed by atoms with Crippen molar-refractivity contribution >= 4 is 33.9 Å². The molecule has 8 heteroatoms. The molecule has 5 N–H and O–H groups in total. The summed E-state index contributed by atoms with van der Waals surface area (Å²) in [7, 11) is 0. The summed E-state index contributed by atoms with van der Waals surface area (Å²) in [4.78, 5) is 16.6. The van der Waals surface area contributed by atoms with Gasteiger partial charge >= 0.3 is 6.03 Å². The lowest BCUT2D eigenvalue weighted by molar-refractivity contribution is 0.250. The van der Waals surface area contributed by atoms with Gasteiger partial charge in [-0.25, -0.2) is 9.78 Å². The van der Waals surface area contributed by atoms with Gasteiger partial charge in [0, 0.05) is 47.9 Å². The van der Waals surface area contributed by atoms with Gasteiger partial charge in [-0.2, -0.15) is 0 Å². The number of carbonyl (C=O) groups excluding carboxylic acids is 1. The third-order valence-electron chi connectivity index (χ3n) is 4.43. The van der Waals surface area contributed by atoms with Crippen LogP contribution in [0.4, 0.5) is 21.3 Å². The number of anilines is 3. The molecule has 1 fully saturated rings. The van der Waals surface area contributed by atoms with Gasteiger partial charge in [0.25, 0.3) is 0 Å². The zero-order chi connectivity index (χ0) is 19.2. The topological polar surface area (TPSA) is 90.1 Å². The van der Waals surface area contributed by atoms with Crippen molar-refractivity contribution in [1.29, 1.82) is 0 Å². The van der Waals surface area contributed by atoms with Crippen LogP contribution in [-0.2, 0) is 0 Å². The Morgan fingerprint density at radius 3 is 2.50 bits per heavy atom. The summed E-state index contributed by atoms with van der Waals surface area (Å²) in [6.45, 7) is 2.37. The number of amides is 2. The van der Waals surface area contributed by atoms with E-state index in [9.17, 15) is 4.79 Å². The molecule has 2 heterocycles. The lowest BCUT2D eigenvalue weighted by atomic mass is 10.2. The van der Waals surface area contributed by atoms with Gasteiger partial charge in [0.05, 0.1) is 5.69 Å². The molecule has 0 radical (unpaired) electrons. The van der Waals surface area contributed by atoms with Crippen molar-refractivity contribution in [2.75, 3.05) is 30.3 Å². The van der Waals surface area contributed by atoms with Crippen LogP contribution in [0.2, 0.25) is 0 Å². The third-order valence-corrected chi connectivity index (χ3v) is 5.18. The van der Waals surface area contributed by atoms with Gasteiger partial charge in [-0.3, -0.25) is 10.9 Å². The van der Waals surface area contributed by atoms with E-state index >= 15 is 0 Å². The molecule has 3 aromatic rings. The van der Waals surface area contributed by atoms with E-state index in [0.29, 0.717) is 12.5 Å². The summed E-state index contributed by atoms with van der Waals surface area (Å²) in [5, 5.41) is 11.9. The van der Waals surface area contributed by atoms with Crippen molar-refractivity contribution in [3.8, 4) is 11.3 Å². The number of nitrogens with one attached hydrogen (secondary N) is 5. The zero-order valence-corrected chi connectivity index (χ0v) is 16.1. The van der Waals surface area contributed by atoms with Gasteiger partial charge in [0.2, 0.25) is 0 Å². The minimum Gasteiger partial charge on any atom is -0.337 e. The highest BCUT2D eigenvalue weighted by Crippen LogP contribution is 2.27. The molecule has 4 rings (SSSR count). The predicted octanol–water partition coefficient (Wildman–Crippen LogP) is 3.40. The third kappa shape index (κ3) is 4.86. The second kappa shape index (κ2) is 8.83. The first-order valence-corrected chi connectivity index (χ1v) is 10.0. The van der Waals surface area contributed by atoms with Crippen molar-refractivity contribution < 1.29 is 4.79 Å². The van der Waals surface area contributed by atoms with E-state index in [-0.39, 0.29) is 6.03 Å². The van der Waals surface area contributed by atoms with Crippen LogP contribution in [-0.4, -0.2) is 30.6 Å². The number of urea groups is 1. The van der Waals surface area contributed by atoms with Crippen molar-refractivity contribution in [1.82, 2.24) is 21.2 Å². The molecule has 28 heavy (non-hydrogen) atoms. The molecule has 0 saturated carbocycles. The molecule has 2 aromatic carbocycles. The molecule has 0 atom stereocenters. The fourth-order valence-electron chi connectivity index (χ4n) is 2.89. The maximum absolute atomic E-state index is 12.0. The van der Waals surface area contributed by atoms with E-state index in [1.807, 2.05) is 60.0 Å². The van der Waals surface area contributed by atoms with E-state index in [1.54, 1.807) is 11.3 Å². The van der Waals surface area contributed by atoms with Crippen LogP contribution in [0, 0.1) is 5.92 Å². The average molecular weight is 395 g/mol. The normalized spacial score (nSPS) is 14.0. The van der Waals surface area contributed by atoms with Crippen LogP contribution in [0.1, 0.15) is 0 Å². The molecular formula is C20H22N6OS. The lowest BCUT2D eigenvalue weighted by Gasteiger charge is -2.11. The number of aromatic nitrogens is 1. The molecule has 1 aliphatic rings. The average Bonchev–Trinajstić information content (AvgIpc) is 3.41. The highest BCUT2D eigenvalue weighted by atomic mass is 32.1. The first kappa shape index (κ1) is 18.4. The monoisotopic (exact) mass is 394 g/mol. The first-order chi connectivity index (χ1) is 13.8. The van der Waals surface area contributed by atoms with Crippen molar-refractivity contribution in [2.45, 2.75) is 0 Å². The SMILES string of the molecule is O=C(NCC1CNNC1)Nc1ccc(Nc2nc(-c3ccccc3)cs2)cc1. The summed E-state index contributed by atoms with van der Waals surface area (Å²) in [5.41, 5.74) is 9.82. The number of thiazole rings is 1. The second-order valence-electron chi connectivity index (χ2n) is 6.57. The number of benzene rings is 2. The van der Waals surface area contributed by atoms with Gasteiger partial charge in [-0.1, -0.05) is 30.3 Å². The molecule has 0 bridgehead atoms. The van der Waals surface area contributed by atoms with Gasteiger partial charge in [0.15, 0.2) is 5.13 Å². The highest BCUT2D eigenvalue weighted by Gasteiger charge is 2.14. The highest BCUT2D eigenvalue weighted by molar-refractivity contribution is 7.14. The number of hydrogen-bond acceptors (Lipinski definition) is 6. The zero-order valence-electron chi connectivity index (χ0n) is 15.2. The summed E-state index contributed by atoms with van der Waals surface area (Å²) in [6, 6.07) is 17.5. The first-order valence-electron chi connectivity index (χ1n) is 9.15. The van der Waals surface area contributed by atoms with E-state index in [0.717, 1.165) is 40.9 Å². The molecule has 144 valence electrons. The predicted molar refractivity (Wildman–Crippen MR) is 114 cm³/mol. The minimum atomic E-state index is -0.194. The molecule has 1 aromatic heterocycles. The number of carbonyl (C=O) groups is 1. The molecule has 0 unspecified atom stereocenters. The maximum Gasteiger partial charge on any atom is 0.319 e. The van der Waals surface area contributed by atoms with Crippen LogP contribution in [0.25, 0.3) is 11.3 Å². The van der Waals surface area contributed by atoms with Crippen LogP contribution < -0.4 is 26.8 Å². The van der Waals surface area contributed by atoms with Gasteiger partial charge < -0.3 is 16.0 Å². The molecule has 7 nitrogen and oxygen atoms in total. The van der Waals surface area contributed by atoms with Crippen molar-refractivity contribution in [3.63, 3.8) is 0 Å². The van der Waals surface area contributed by atoms with Crippen LogP contribution >= 0.6 is 11.3 Å². The Morgan fingerprint density at radius 1 is 1.04 bits per heavy atom. The van der Waals surface area contributed by atoms with Crippen LogP contribution in [0.15, 0.2) is 60.0 Å². The largest absolute Gasteiger partial charge is 0.337 e. The van der Waals surface area contributed by atoms with Gasteiger partial charge in [0.1, 0.15) is 0 Å². The fourth-order valence-corrected chi connectivity index (χ4v) is 3.63. The minimum absolute atomic E-state index is 0.194.